The van der Waals surface area contributed by atoms with Gasteiger partial charge in [-0.2, -0.15) is 0 Å². The van der Waals surface area contributed by atoms with Gasteiger partial charge in [-0.05, 0) is 43.3 Å². The Bertz CT molecular complexity index is 842. The Kier molecular flexibility index (Phi) is 2.83. The molecule has 2 heterocycles. The molecule has 2 aliphatic rings. The molecule has 4 rings (SSSR count). The second kappa shape index (κ2) is 4.67. The van der Waals surface area contributed by atoms with E-state index >= 15 is 0 Å². The first-order chi connectivity index (χ1) is 11.0. The summed E-state index contributed by atoms with van der Waals surface area (Å²) in [5.74, 6) is 0.141. The van der Waals surface area contributed by atoms with Crippen LogP contribution in [0.3, 0.4) is 0 Å². The number of aryl methyl sites for hydroxylation is 1. The highest BCUT2D eigenvalue weighted by Crippen LogP contribution is 2.39. The minimum atomic E-state index is -1.54. The van der Waals surface area contributed by atoms with Crippen molar-refractivity contribution >= 4 is 28.7 Å². The Morgan fingerprint density at radius 1 is 1.22 bits per heavy atom. The molecule has 2 aliphatic heterocycles. The van der Waals surface area contributed by atoms with Crippen LogP contribution in [-0.4, -0.2) is 28.9 Å². The number of aliphatic hydroxyl groups is 1. The zero-order chi connectivity index (χ0) is 16.2. The summed E-state index contributed by atoms with van der Waals surface area (Å²) in [4.78, 5) is 19.3. The van der Waals surface area contributed by atoms with Gasteiger partial charge in [0.05, 0.1) is 5.69 Å². The van der Waals surface area contributed by atoms with Crippen LogP contribution in [-0.2, 0) is 0 Å². The van der Waals surface area contributed by atoms with Crippen LogP contribution in [0.4, 0.5) is 17.1 Å². The predicted molar refractivity (Wildman–Crippen MR) is 90.4 cm³/mol. The number of rotatable bonds is 1. The van der Waals surface area contributed by atoms with E-state index in [-0.39, 0.29) is 5.78 Å². The van der Waals surface area contributed by atoms with E-state index in [1.54, 1.807) is 18.2 Å². The molecule has 5 nitrogen and oxygen atoms in total. The monoisotopic (exact) mass is 307 g/mol. The molecule has 5 heteroatoms. The largest absolute Gasteiger partial charge is 0.399 e. The molecule has 1 atom stereocenters. The molecule has 116 valence electrons. The lowest BCUT2D eigenvalue weighted by Gasteiger charge is -2.29. The minimum absolute atomic E-state index is 0.265. The lowest BCUT2D eigenvalue weighted by atomic mass is 9.87. The molecule has 23 heavy (non-hydrogen) atoms. The van der Waals surface area contributed by atoms with Gasteiger partial charge in [-0.25, -0.2) is 4.99 Å². The normalized spacial score (nSPS) is 22.6. The van der Waals surface area contributed by atoms with Crippen LogP contribution in [0.5, 0.6) is 0 Å². The van der Waals surface area contributed by atoms with E-state index in [0.717, 1.165) is 11.3 Å². The first kappa shape index (κ1) is 14.0. The minimum Gasteiger partial charge on any atom is -0.399 e. The average molecular weight is 307 g/mol. The molecule has 1 saturated heterocycles. The molecule has 0 unspecified atom stereocenters. The summed E-state index contributed by atoms with van der Waals surface area (Å²) in [6.45, 7) is 2.46. The molecule has 3 N–H and O–H groups in total. The molecule has 0 saturated carbocycles. The number of benzene rings is 2. The van der Waals surface area contributed by atoms with Crippen LogP contribution in [0.2, 0.25) is 0 Å². The van der Waals surface area contributed by atoms with Crippen LogP contribution in [0.1, 0.15) is 22.3 Å². The topological polar surface area (TPSA) is 78.9 Å². The number of amidine groups is 1. The van der Waals surface area contributed by atoms with Crippen molar-refractivity contribution in [1.82, 2.24) is 0 Å². The van der Waals surface area contributed by atoms with E-state index < -0.39 is 5.60 Å². The Morgan fingerprint density at radius 2 is 1.96 bits per heavy atom. The zero-order valence-electron chi connectivity index (χ0n) is 12.8. The number of fused-ring (bicyclic) bond motifs is 2. The molecule has 2 aromatic carbocycles. The van der Waals surface area contributed by atoms with Crippen molar-refractivity contribution in [2.24, 2.45) is 4.99 Å². The molecule has 0 spiro atoms. The van der Waals surface area contributed by atoms with Crippen LogP contribution >= 0.6 is 0 Å². The van der Waals surface area contributed by atoms with E-state index in [0.29, 0.717) is 35.7 Å². The molecule has 2 aromatic rings. The third-order valence-corrected chi connectivity index (χ3v) is 4.53. The number of hydrogen-bond acceptors (Lipinski definition) is 5. The van der Waals surface area contributed by atoms with Crippen molar-refractivity contribution in [2.45, 2.75) is 18.9 Å². The number of aliphatic imine (C=N–C) groups is 1. The van der Waals surface area contributed by atoms with Crippen molar-refractivity contribution in [1.29, 1.82) is 0 Å². The molecule has 1 fully saturated rings. The summed E-state index contributed by atoms with van der Waals surface area (Å²) >= 11 is 0. The van der Waals surface area contributed by atoms with Gasteiger partial charge in [0, 0.05) is 29.9 Å². The lowest BCUT2D eigenvalue weighted by molar-refractivity contribution is 0.0602. The summed E-state index contributed by atoms with van der Waals surface area (Å²) in [6.07, 6.45) is 0.336. The summed E-state index contributed by atoms with van der Waals surface area (Å²) in [5.41, 5.74) is 7.82. The van der Waals surface area contributed by atoms with Gasteiger partial charge in [0.1, 0.15) is 5.84 Å². The number of Topliss-reactive ketones (excluding diaryl/α,β-unsaturated/α-hetero) is 1. The number of nitrogens with two attached hydrogens (primary N) is 1. The van der Waals surface area contributed by atoms with Gasteiger partial charge in [0.15, 0.2) is 5.60 Å². The fourth-order valence-electron chi connectivity index (χ4n) is 3.25. The maximum absolute atomic E-state index is 12.8. The molecular formula is C18H17N3O2. The van der Waals surface area contributed by atoms with E-state index in [1.807, 2.05) is 36.1 Å². The van der Waals surface area contributed by atoms with E-state index in [2.05, 4.69) is 4.99 Å². The van der Waals surface area contributed by atoms with Gasteiger partial charge in [0.2, 0.25) is 5.78 Å². The number of ketones is 1. The first-order valence-electron chi connectivity index (χ1n) is 7.59. The van der Waals surface area contributed by atoms with Crippen molar-refractivity contribution in [3.05, 3.63) is 53.6 Å². The van der Waals surface area contributed by atoms with Crippen LogP contribution in [0.25, 0.3) is 0 Å². The quantitative estimate of drug-likeness (QED) is 0.793. The third kappa shape index (κ3) is 1.97. The number of carbonyl (C=O) groups is 1. The Hall–Kier alpha value is -2.66. The highest BCUT2D eigenvalue weighted by atomic mass is 16.3. The third-order valence-electron chi connectivity index (χ3n) is 4.53. The lowest BCUT2D eigenvalue weighted by Crippen LogP contribution is -2.48. The summed E-state index contributed by atoms with van der Waals surface area (Å²) in [7, 11) is 0. The number of nitrogen functional groups attached to an aromatic ring is 1. The van der Waals surface area contributed by atoms with Gasteiger partial charge in [-0.15, -0.1) is 0 Å². The Morgan fingerprint density at radius 3 is 2.70 bits per heavy atom. The smallest absolute Gasteiger partial charge is 0.204 e. The van der Waals surface area contributed by atoms with Gasteiger partial charge in [-0.3, -0.25) is 4.79 Å². The summed E-state index contributed by atoms with van der Waals surface area (Å²) < 4.78 is 0. The van der Waals surface area contributed by atoms with Gasteiger partial charge in [-0.1, -0.05) is 11.6 Å². The maximum atomic E-state index is 12.8. The predicted octanol–water partition coefficient (Wildman–Crippen LogP) is 2.44. The standard InChI is InChI=1S/C18H17N3O2/c1-11-2-7-15-14(10-11)16(22)18(23)8-9-21(17(18)20-15)13-5-3-12(19)4-6-13/h2-7,10,23H,8-9,19H2,1H3/t18-/m1/s1. The molecule has 0 radical (unpaired) electrons. The van der Waals surface area contributed by atoms with Crippen molar-refractivity contribution in [2.75, 3.05) is 17.2 Å². The zero-order valence-corrected chi connectivity index (χ0v) is 12.8. The van der Waals surface area contributed by atoms with Crippen LogP contribution in [0.15, 0.2) is 47.5 Å². The highest BCUT2D eigenvalue weighted by Gasteiger charge is 2.52. The van der Waals surface area contributed by atoms with Gasteiger partial charge in [0.25, 0.3) is 0 Å². The van der Waals surface area contributed by atoms with Gasteiger partial charge >= 0.3 is 0 Å². The van der Waals surface area contributed by atoms with Crippen molar-refractivity contribution in [3.63, 3.8) is 0 Å². The summed E-state index contributed by atoms with van der Waals surface area (Å²) in [5, 5.41) is 11.0. The van der Waals surface area contributed by atoms with Crippen LogP contribution < -0.4 is 10.6 Å². The number of nitrogens with zero attached hydrogens (tertiary/aromatic N) is 2. The van der Waals surface area contributed by atoms with Crippen LogP contribution in [0, 0.1) is 6.92 Å². The van der Waals surface area contributed by atoms with Gasteiger partial charge < -0.3 is 15.7 Å². The van der Waals surface area contributed by atoms with E-state index in [1.165, 1.54) is 0 Å². The van der Waals surface area contributed by atoms with Crippen molar-refractivity contribution in [3.8, 4) is 0 Å². The second-order valence-electron chi connectivity index (χ2n) is 6.14. The summed E-state index contributed by atoms with van der Waals surface area (Å²) in [6, 6.07) is 12.9. The molecule has 0 aliphatic carbocycles. The Labute approximate surface area is 134 Å². The first-order valence-corrected chi connectivity index (χ1v) is 7.59. The van der Waals surface area contributed by atoms with E-state index in [4.69, 9.17) is 5.73 Å². The Balaban J connectivity index is 1.85. The number of anilines is 2. The SMILES string of the molecule is Cc1ccc2c(c1)C(=O)[C@]1(O)CCN(c3ccc(N)cc3)C1=N2. The molecule has 0 aromatic heterocycles. The highest BCUT2D eigenvalue weighted by molar-refractivity contribution is 6.28. The van der Waals surface area contributed by atoms with Crippen molar-refractivity contribution < 1.29 is 9.90 Å². The van der Waals surface area contributed by atoms with E-state index in [9.17, 15) is 9.90 Å². The molecule has 0 amide bonds. The number of carbonyl (C=O) groups excluding carboxylic acids is 1. The second-order valence-corrected chi connectivity index (χ2v) is 6.14. The number of hydrogen-bond donors (Lipinski definition) is 2. The average Bonchev–Trinajstić information content (AvgIpc) is 2.88. The molecular weight excluding hydrogens is 290 g/mol. The molecule has 0 bridgehead atoms. The fraction of sp³-hybridized carbons (Fsp3) is 0.222. The maximum Gasteiger partial charge on any atom is 0.204 e. The fourth-order valence-corrected chi connectivity index (χ4v) is 3.25.